The number of carbonyl (C=O) groups is 2. The molecule has 0 aliphatic carbocycles. The molecule has 4 heteroatoms. The van der Waals surface area contributed by atoms with Crippen LogP contribution in [0.4, 0.5) is 0 Å². The summed E-state index contributed by atoms with van der Waals surface area (Å²) in [5.74, 6) is -0.0494. The van der Waals surface area contributed by atoms with Crippen molar-refractivity contribution in [2.24, 2.45) is 11.8 Å². The van der Waals surface area contributed by atoms with Crippen molar-refractivity contribution in [1.82, 2.24) is 0 Å². The fourth-order valence-electron chi connectivity index (χ4n) is 2.94. The molecule has 0 saturated heterocycles. The fourth-order valence-corrected chi connectivity index (χ4v) is 2.94. The number of unbranched alkanes of at least 4 members (excludes halogenated alkanes) is 1. The van der Waals surface area contributed by atoms with Gasteiger partial charge in [0.05, 0.1) is 25.0 Å². The second kappa shape index (κ2) is 15.5. The third-order valence-electron chi connectivity index (χ3n) is 4.24. The van der Waals surface area contributed by atoms with Crippen LogP contribution in [0.1, 0.15) is 91.9 Å². The highest BCUT2D eigenvalue weighted by Crippen LogP contribution is 2.16. The van der Waals surface area contributed by atoms with E-state index in [2.05, 4.69) is 27.7 Å². The van der Waals surface area contributed by atoms with Crippen molar-refractivity contribution in [3.05, 3.63) is 0 Å². The van der Waals surface area contributed by atoms with E-state index in [9.17, 15) is 9.59 Å². The summed E-state index contributed by atoms with van der Waals surface area (Å²) < 4.78 is 10.7. The molecule has 0 heterocycles. The van der Waals surface area contributed by atoms with Gasteiger partial charge in [0.1, 0.15) is 0 Å². The molecule has 0 rings (SSSR count). The maximum absolute atomic E-state index is 12.0. The van der Waals surface area contributed by atoms with Crippen molar-refractivity contribution in [2.45, 2.75) is 91.9 Å². The molecule has 24 heavy (non-hydrogen) atoms. The summed E-state index contributed by atoms with van der Waals surface area (Å²) >= 11 is 0. The molecule has 0 aromatic rings. The lowest BCUT2D eigenvalue weighted by molar-refractivity contribution is -0.151. The second-order valence-corrected chi connectivity index (χ2v) is 6.59. The van der Waals surface area contributed by atoms with Crippen molar-refractivity contribution in [3.63, 3.8) is 0 Å². The number of carbonyl (C=O) groups excluding carboxylic acids is 2. The Hall–Kier alpha value is -1.06. The van der Waals surface area contributed by atoms with Gasteiger partial charge >= 0.3 is 11.9 Å². The highest BCUT2D eigenvalue weighted by atomic mass is 16.5. The Morgan fingerprint density at radius 1 is 0.625 bits per heavy atom. The van der Waals surface area contributed by atoms with Crippen LogP contribution in [-0.2, 0) is 19.1 Å². The summed E-state index contributed by atoms with van der Waals surface area (Å²) in [5.41, 5.74) is 0. The Morgan fingerprint density at radius 2 is 0.917 bits per heavy atom. The lowest BCUT2D eigenvalue weighted by atomic mass is 9.99. The summed E-state index contributed by atoms with van der Waals surface area (Å²) in [6, 6.07) is 0. The highest BCUT2D eigenvalue weighted by molar-refractivity contribution is 5.72. The molecule has 142 valence electrons. The second-order valence-electron chi connectivity index (χ2n) is 6.59. The van der Waals surface area contributed by atoms with E-state index in [0.717, 1.165) is 64.2 Å². The molecule has 0 aromatic heterocycles. The first-order valence-electron chi connectivity index (χ1n) is 9.93. The summed E-state index contributed by atoms with van der Waals surface area (Å²) in [7, 11) is 0. The van der Waals surface area contributed by atoms with Crippen LogP contribution in [0.2, 0.25) is 0 Å². The Bertz CT molecular complexity index is 284. The summed E-state index contributed by atoms with van der Waals surface area (Å²) in [4.78, 5) is 24.0. The Labute approximate surface area is 148 Å². The molecule has 0 bridgehead atoms. The molecule has 0 fully saturated rings. The first kappa shape index (κ1) is 22.9. The summed E-state index contributed by atoms with van der Waals surface area (Å²) in [5, 5.41) is 0. The van der Waals surface area contributed by atoms with Gasteiger partial charge in [0.15, 0.2) is 0 Å². The highest BCUT2D eigenvalue weighted by Gasteiger charge is 2.19. The van der Waals surface area contributed by atoms with Crippen molar-refractivity contribution >= 4 is 11.9 Å². The van der Waals surface area contributed by atoms with Crippen LogP contribution >= 0.6 is 0 Å². The van der Waals surface area contributed by atoms with Gasteiger partial charge < -0.3 is 9.47 Å². The molecule has 0 radical (unpaired) electrons. The van der Waals surface area contributed by atoms with Crippen LogP contribution in [0, 0.1) is 11.8 Å². The van der Waals surface area contributed by atoms with Gasteiger partial charge in [-0.2, -0.15) is 0 Å². The minimum Gasteiger partial charge on any atom is -0.465 e. The lowest BCUT2D eigenvalue weighted by Crippen LogP contribution is -2.19. The molecule has 0 N–H and O–H groups in total. The Kier molecular flexibility index (Phi) is 14.8. The largest absolute Gasteiger partial charge is 0.465 e. The van der Waals surface area contributed by atoms with Crippen molar-refractivity contribution in [2.75, 3.05) is 13.2 Å². The first-order chi connectivity index (χ1) is 11.6. The van der Waals surface area contributed by atoms with Crippen LogP contribution < -0.4 is 0 Å². The topological polar surface area (TPSA) is 52.6 Å². The number of rotatable bonds is 15. The van der Waals surface area contributed by atoms with Gasteiger partial charge in [0, 0.05) is 0 Å². The van der Waals surface area contributed by atoms with Gasteiger partial charge in [-0.05, 0) is 38.5 Å². The van der Waals surface area contributed by atoms with Gasteiger partial charge in [0.25, 0.3) is 0 Å². The lowest BCUT2D eigenvalue weighted by Gasteiger charge is -2.15. The molecule has 0 unspecified atom stereocenters. The van der Waals surface area contributed by atoms with Crippen molar-refractivity contribution in [1.29, 1.82) is 0 Å². The predicted octanol–water partition coefficient (Wildman–Crippen LogP) is 5.29. The monoisotopic (exact) mass is 342 g/mol. The summed E-state index contributed by atoms with van der Waals surface area (Å²) in [6.07, 6.45) is 9.13. The van der Waals surface area contributed by atoms with Gasteiger partial charge in [-0.25, -0.2) is 0 Å². The summed E-state index contributed by atoms with van der Waals surface area (Å²) in [6.45, 7) is 9.22. The van der Waals surface area contributed by atoms with Gasteiger partial charge in [-0.3, -0.25) is 9.59 Å². The average molecular weight is 343 g/mol. The van der Waals surface area contributed by atoms with Gasteiger partial charge in [-0.15, -0.1) is 0 Å². The van der Waals surface area contributed by atoms with E-state index in [-0.39, 0.29) is 23.8 Å². The van der Waals surface area contributed by atoms with Gasteiger partial charge in [0.2, 0.25) is 0 Å². The smallest absolute Gasteiger partial charge is 0.308 e. The molecule has 0 aliphatic heterocycles. The minimum atomic E-state index is -0.0679. The molecular formula is C20H38O4. The van der Waals surface area contributed by atoms with Crippen LogP contribution in [0.3, 0.4) is 0 Å². The molecule has 0 aliphatic rings. The quantitative estimate of drug-likeness (QED) is 0.300. The van der Waals surface area contributed by atoms with E-state index in [1.807, 2.05) is 0 Å². The third-order valence-corrected chi connectivity index (χ3v) is 4.24. The average Bonchev–Trinajstić information content (AvgIpc) is 2.57. The molecule has 0 saturated carbocycles. The van der Waals surface area contributed by atoms with Gasteiger partial charge in [-0.1, -0.05) is 53.4 Å². The normalized spacial score (nSPS) is 11.1. The molecular weight excluding hydrogens is 304 g/mol. The van der Waals surface area contributed by atoms with Crippen LogP contribution in [-0.4, -0.2) is 25.2 Å². The minimum absolute atomic E-state index is 0.0432. The van der Waals surface area contributed by atoms with Crippen LogP contribution in [0.25, 0.3) is 0 Å². The number of ether oxygens (including phenoxy) is 2. The Balaban J connectivity index is 3.85. The predicted molar refractivity (Wildman–Crippen MR) is 97.8 cm³/mol. The molecule has 0 aromatic carbocycles. The SMILES string of the molecule is CCCC(CCC)C(=O)OCCCCOC(=O)C(CCC)CCC. The number of hydrogen-bond acceptors (Lipinski definition) is 4. The van der Waals surface area contributed by atoms with E-state index in [1.54, 1.807) is 0 Å². The van der Waals surface area contributed by atoms with E-state index in [1.165, 1.54) is 0 Å². The zero-order chi connectivity index (χ0) is 18.2. The van der Waals surface area contributed by atoms with E-state index >= 15 is 0 Å². The molecule has 0 amide bonds. The Morgan fingerprint density at radius 3 is 1.17 bits per heavy atom. The molecule has 0 spiro atoms. The standard InChI is InChI=1S/C20H38O4/c1-5-11-17(12-6-2)19(21)23-15-9-10-16-24-20(22)18(13-7-3)14-8-4/h17-18H,5-16H2,1-4H3. The van der Waals surface area contributed by atoms with E-state index < -0.39 is 0 Å². The number of hydrogen-bond donors (Lipinski definition) is 0. The zero-order valence-electron chi connectivity index (χ0n) is 16.3. The number of esters is 2. The third kappa shape index (κ3) is 10.7. The fraction of sp³-hybridized carbons (Fsp3) is 0.900. The van der Waals surface area contributed by atoms with E-state index in [0.29, 0.717) is 13.2 Å². The molecule has 4 nitrogen and oxygen atoms in total. The molecule has 0 atom stereocenters. The van der Waals surface area contributed by atoms with Crippen molar-refractivity contribution < 1.29 is 19.1 Å². The maximum Gasteiger partial charge on any atom is 0.308 e. The van der Waals surface area contributed by atoms with Crippen LogP contribution in [0.15, 0.2) is 0 Å². The maximum atomic E-state index is 12.0. The van der Waals surface area contributed by atoms with Crippen LogP contribution in [0.5, 0.6) is 0 Å². The van der Waals surface area contributed by atoms with Crippen molar-refractivity contribution in [3.8, 4) is 0 Å². The zero-order valence-corrected chi connectivity index (χ0v) is 16.3. The first-order valence-corrected chi connectivity index (χ1v) is 9.93. The van der Waals surface area contributed by atoms with E-state index in [4.69, 9.17) is 9.47 Å².